The maximum atomic E-state index is 11.8. The van der Waals surface area contributed by atoms with Gasteiger partial charge in [-0.15, -0.1) is 0 Å². The third kappa shape index (κ3) is 3.12. The summed E-state index contributed by atoms with van der Waals surface area (Å²) in [6, 6.07) is 7.47. The van der Waals surface area contributed by atoms with Crippen LogP contribution in [0.3, 0.4) is 0 Å². The molecule has 0 unspecified atom stereocenters. The van der Waals surface area contributed by atoms with Crippen LogP contribution >= 0.6 is 0 Å². The monoisotopic (exact) mass is 262 g/mol. The van der Waals surface area contributed by atoms with Gasteiger partial charge in [0.25, 0.3) is 0 Å². The molecule has 19 heavy (non-hydrogen) atoms. The van der Waals surface area contributed by atoms with E-state index in [9.17, 15) is 9.90 Å². The number of rotatable bonds is 5. The van der Waals surface area contributed by atoms with E-state index < -0.39 is 0 Å². The van der Waals surface area contributed by atoms with Crippen LogP contribution in [0.15, 0.2) is 24.3 Å². The van der Waals surface area contributed by atoms with Gasteiger partial charge in [-0.25, -0.2) is 4.98 Å². The van der Waals surface area contributed by atoms with Crippen LogP contribution < -0.4 is 0 Å². The number of benzene rings is 1. The molecule has 0 bridgehead atoms. The molecule has 0 saturated carbocycles. The average molecular weight is 262 g/mol. The van der Waals surface area contributed by atoms with Crippen LogP contribution in [0.5, 0.6) is 0 Å². The second-order valence-corrected chi connectivity index (χ2v) is 4.84. The van der Waals surface area contributed by atoms with Gasteiger partial charge in [0.2, 0.25) is 0 Å². The van der Waals surface area contributed by atoms with Crippen molar-refractivity contribution in [1.29, 1.82) is 0 Å². The van der Waals surface area contributed by atoms with Gasteiger partial charge in [0.05, 0.1) is 17.6 Å². The van der Waals surface area contributed by atoms with E-state index in [0.29, 0.717) is 18.3 Å². The molecule has 5 heteroatoms. The number of nitrogens with zero attached hydrogens (tertiary/aromatic N) is 2. The zero-order valence-electron chi connectivity index (χ0n) is 11.2. The lowest BCUT2D eigenvalue weighted by atomic mass is 10.2. The van der Waals surface area contributed by atoms with Crippen LogP contribution in [-0.2, 0) is 22.7 Å². The van der Waals surface area contributed by atoms with E-state index in [-0.39, 0.29) is 19.1 Å². The number of para-hydroxylation sites is 2. The molecule has 5 nitrogen and oxygen atoms in total. The van der Waals surface area contributed by atoms with E-state index in [1.54, 1.807) is 4.57 Å². The van der Waals surface area contributed by atoms with Crippen molar-refractivity contribution in [1.82, 2.24) is 9.55 Å². The summed E-state index contributed by atoms with van der Waals surface area (Å²) in [6.07, 6.45) is 0. The SMILES string of the molecule is CC(C)COC(=O)Cn1c(CO)nc2ccccc21. The number of aliphatic hydroxyl groups is 1. The second-order valence-electron chi connectivity index (χ2n) is 4.84. The van der Waals surface area contributed by atoms with Crippen molar-refractivity contribution < 1.29 is 14.6 Å². The van der Waals surface area contributed by atoms with Crippen molar-refractivity contribution >= 4 is 17.0 Å². The molecule has 0 aliphatic rings. The first kappa shape index (κ1) is 13.5. The minimum absolute atomic E-state index is 0.0725. The maximum Gasteiger partial charge on any atom is 0.326 e. The number of aromatic nitrogens is 2. The number of hydrogen-bond donors (Lipinski definition) is 1. The molecule has 1 N–H and O–H groups in total. The molecule has 0 radical (unpaired) electrons. The van der Waals surface area contributed by atoms with Crippen LogP contribution in [0.25, 0.3) is 11.0 Å². The third-order valence-electron chi connectivity index (χ3n) is 2.74. The van der Waals surface area contributed by atoms with Crippen LogP contribution in [0.4, 0.5) is 0 Å². The van der Waals surface area contributed by atoms with Gasteiger partial charge in [-0.1, -0.05) is 26.0 Å². The number of esters is 1. The highest BCUT2D eigenvalue weighted by atomic mass is 16.5. The van der Waals surface area contributed by atoms with E-state index in [1.165, 1.54) is 0 Å². The van der Waals surface area contributed by atoms with Gasteiger partial charge in [0.15, 0.2) is 0 Å². The molecule has 0 fully saturated rings. The first-order chi connectivity index (χ1) is 9.11. The van der Waals surface area contributed by atoms with Crippen LogP contribution in [0.2, 0.25) is 0 Å². The molecule has 0 spiro atoms. The van der Waals surface area contributed by atoms with Gasteiger partial charge in [0, 0.05) is 0 Å². The fraction of sp³-hybridized carbons (Fsp3) is 0.429. The molecule has 0 atom stereocenters. The molecule has 0 saturated heterocycles. The molecular weight excluding hydrogens is 244 g/mol. The highest BCUT2D eigenvalue weighted by molar-refractivity contribution is 5.78. The predicted molar refractivity (Wildman–Crippen MR) is 71.5 cm³/mol. The lowest BCUT2D eigenvalue weighted by Crippen LogP contribution is -2.17. The molecule has 2 rings (SSSR count). The molecular formula is C14H18N2O3. The van der Waals surface area contributed by atoms with Crippen molar-refractivity contribution in [3.8, 4) is 0 Å². The molecule has 1 heterocycles. The summed E-state index contributed by atoms with van der Waals surface area (Å²) < 4.78 is 6.85. The fourth-order valence-corrected chi connectivity index (χ4v) is 1.86. The van der Waals surface area contributed by atoms with Crippen molar-refractivity contribution in [2.24, 2.45) is 5.92 Å². The summed E-state index contributed by atoms with van der Waals surface area (Å²) in [5.41, 5.74) is 1.59. The quantitative estimate of drug-likeness (QED) is 0.833. The summed E-state index contributed by atoms with van der Waals surface area (Å²) in [5.74, 6) is 0.468. The largest absolute Gasteiger partial charge is 0.464 e. The molecule has 1 aromatic carbocycles. The van der Waals surface area contributed by atoms with Crippen LogP contribution in [-0.4, -0.2) is 27.2 Å². The highest BCUT2D eigenvalue weighted by Gasteiger charge is 2.13. The van der Waals surface area contributed by atoms with E-state index in [2.05, 4.69) is 4.98 Å². The minimum Gasteiger partial charge on any atom is -0.464 e. The Labute approximate surface area is 111 Å². The summed E-state index contributed by atoms with van der Waals surface area (Å²) in [6.45, 7) is 4.24. The van der Waals surface area contributed by atoms with Crippen LogP contribution in [0, 0.1) is 5.92 Å². The first-order valence-electron chi connectivity index (χ1n) is 6.32. The molecule has 0 aliphatic heterocycles. The lowest BCUT2D eigenvalue weighted by molar-refractivity contribution is -0.145. The van der Waals surface area contributed by atoms with Gasteiger partial charge < -0.3 is 14.4 Å². The average Bonchev–Trinajstić information content (AvgIpc) is 2.75. The third-order valence-corrected chi connectivity index (χ3v) is 2.74. The first-order valence-corrected chi connectivity index (χ1v) is 6.32. The number of imidazole rings is 1. The Balaban J connectivity index is 2.21. The maximum absolute atomic E-state index is 11.8. The van der Waals surface area contributed by atoms with Gasteiger partial charge >= 0.3 is 5.97 Å². The Bertz CT molecular complexity index is 575. The summed E-state index contributed by atoms with van der Waals surface area (Å²) in [5, 5.41) is 9.32. The molecule has 102 valence electrons. The molecule has 0 aliphatic carbocycles. The zero-order chi connectivity index (χ0) is 13.8. The lowest BCUT2D eigenvalue weighted by Gasteiger charge is -2.09. The smallest absolute Gasteiger partial charge is 0.326 e. The minimum atomic E-state index is -0.313. The Morgan fingerprint density at radius 3 is 2.84 bits per heavy atom. The zero-order valence-corrected chi connectivity index (χ0v) is 11.2. The van der Waals surface area contributed by atoms with E-state index >= 15 is 0 Å². The Hall–Kier alpha value is -1.88. The number of fused-ring (bicyclic) bond motifs is 1. The summed E-state index contributed by atoms with van der Waals surface area (Å²) >= 11 is 0. The van der Waals surface area contributed by atoms with Gasteiger partial charge in [-0.05, 0) is 18.1 Å². The number of hydrogen-bond acceptors (Lipinski definition) is 4. The molecule has 1 aromatic heterocycles. The number of carbonyl (C=O) groups is 1. The van der Waals surface area contributed by atoms with Crippen molar-refractivity contribution in [2.45, 2.75) is 27.0 Å². The fourth-order valence-electron chi connectivity index (χ4n) is 1.86. The second kappa shape index (κ2) is 5.84. The van der Waals surface area contributed by atoms with Crippen molar-refractivity contribution in [2.75, 3.05) is 6.61 Å². The predicted octanol–water partition coefficient (Wildman–Crippen LogP) is 1.73. The number of carbonyl (C=O) groups excluding carboxylic acids is 1. The van der Waals surface area contributed by atoms with E-state index in [1.807, 2.05) is 38.1 Å². The topological polar surface area (TPSA) is 64.3 Å². The van der Waals surface area contributed by atoms with Gasteiger partial charge in [-0.3, -0.25) is 4.79 Å². The van der Waals surface area contributed by atoms with E-state index in [4.69, 9.17) is 4.74 Å². The normalized spacial score (nSPS) is 11.2. The summed E-state index contributed by atoms with van der Waals surface area (Å²) in [7, 11) is 0. The summed E-state index contributed by atoms with van der Waals surface area (Å²) in [4.78, 5) is 16.1. The molecule has 2 aromatic rings. The Morgan fingerprint density at radius 1 is 1.42 bits per heavy atom. The van der Waals surface area contributed by atoms with E-state index in [0.717, 1.165) is 11.0 Å². The standard InChI is InChI=1S/C14H18N2O3/c1-10(2)9-19-14(18)7-16-12-6-4-3-5-11(12)15-13(16)8-17/h3-6,10,17H,7-9H2,1-2H3. The Morgan fingerprint density at radius 2 is 2.16 bits per heavy atom. The van der Waals surface area contributed by atoms with Crippen molar-refractivity contribution in [3.63, 3.8) is 0 Å². The van der Waals surface area contributed by atoms with Crippen molar-refractivity contribution in [3.05, 3.63) is 30.1 Å². The molecule has 0 amide bonds. The number of ether oxygens (including phenoxy) is 1. The van der Waals surface area contributed by atoms with Gasteiger partial charge in [-0.2, -0.15) is 0 Å². The Kier molecular flexibility index (Phi) is 4.16. The highest BCUT2D eigenvalue weighted by Crippen LogP contribution is 2.16. The van der Waals surface area contributed by atoms with Gasteiger partial charge in [0.1, 0.15) is 19.0 Å². The van der Waals surface area contributed by atoms with Crippen LogP contribution in [0.1, 0.15) is 19.7 Å². The number of aliphatic hydroxyl groups excluding tert-OH is 1.